The van der Waals surface area contributed by atoms with E-state index < -0.39 is 0 Å². The van der Waals surface area contributed by atoms with Gasteiger partial charge in [0.25, 0.3) is 0 Å². The molecule has 0 fully saturated rings. The summed E-state index contributed by atoms with van der Waals surface area (Å²) in [6.45, 7) is 0. The Bertz CT molecular complexity index is 1210. The van der Waals surface area contributed by atoms with Gasteiger partial charge in [0.05, 0.1) is 12.4 Å². The molecular weight excluding hydrogens is 411 g/mol. The minimum absolute atomic E-state index is 0.601. The maximum atomic E-state index is 6.38. The van der Waals surface area contributed by atoms with Crippen LogP contribution < -0.4 is 0 Å². The van der Waals surface area contributed by atoms with Crippen LogP contribution in [0.2, 0.25) is 0 Å². The van der Waals surface area contributed by atoms with Crippen LogP contribution in [0, 0.1) is 0 Å². The molecule has 4 heteroatoms. The zero-order valence-corrected chi connectivity index (χ0v) is 17.6. The normalized spacial score (nSPS) is 13.1. The molecule has 0 aliphatic rings. The molecular formula is C26H18Cl2N2. The molecule has 0 N–H and O–H groups in total. The van der Waals surface area contributed by atoms with Crippen molar-refractivity contribution < 1.29 is 0 Å². The summed E-state index contributed by atoms with van der Waals surface area (Å²) in [6, 6.07) is 28.5. The molecule has 0 aliphatic heterocycles. The van der Waals surface area contributed by atoms with Crippen LogP contribution in [-0.4, -0.2) is 12.4 Å². The van der Waals surface area contributed by atoms with Gasteiger partial charge in [-0.3, -0.25) is 0 Å². The minimum Gasteiger partial charge on any atom is -0.159 e. The van der Waals surface area contributed by atoms with E-state index >= 15 is 0 Å². The summed E-state index contributed by atoms with van der Waals surface area (Å²) in [4.78, 5) is 0. The van der Waals surface area contributed by atoms with Crippen molar-refractivity contribution in [1.82, 2.24) is 0 Å². The molecule has 0 saturated carbocycles. The van der Waals surface area contributed by atoms with Crippen LogP contribution in [0.15, 0.2) is 107 Å². The highest BCUT2D eigenvalue weighted by Crippen LogP contribution is 2.24. The highest BCUT2D eigenvalue weighted by molar-refractivity contribution is 6.50. The largest absolute Gasteiger partial charge is 0.159 e. The second-order valence-corrected chi connectivity index (χ2v) is 7.50. The maximum absolute atomic E-state index is 6.38. The lowest BCUT2D eigenvalue weighted by Gasteiger charge is -2.01. The number of hydrogen-bond donors (Lipinski definition) is 0. The first kappa shape index (κ1) is 20.1. The fraction of sp³-hybridized carbons (Fsp3) is 0. The third kappa shape index (κ3) is 4.85. The summed E-state index contributed by atoms with van der Waals surface area (Å²) in [5.74, 6) is 0. The van der Waals surface area contributed by atoms with Crippen molar-refractivity contribution in [3.05, 3.63) is 108 Å². The Morgan fingerprint density at radius 3 is 1.37 bits per heavy atom. The highest BCUT2D eigenvalue weighted by atomic mass is 35.5. The number of allylic oxidation sites excluding steroid dienone is 2. The van der Waals surface area contributed by atoms with Crippen LogP contribution in [0.1, 0.15) is 11.1 Å². The van der Waals surface area contributed by atoms with Gasteiger partial charge in [0.1, 0.15) is 0 Å². The Morgan fingerprint density at radius 1 is 0.533 bits per heavy atom. The van der Waals surface area contributed by atoms with Crippen molar-refractivity contribution in [3.63, 3.8) is 0 Å². The van der Waals surface area contributed by atoms with Crippen molar-refractivity contribution in [1.29, 1.82) is 0 Å². The lowest BCUT2D eigenvalue weighted by Crippen LogP contribution is -1.80. The van der Waals surface area contributed by atoms with Crippen LogP contribution in [0.4, 0.5) is 0 Å². The van der Waals surface area contributed by atoms with E-state index in [2.05, 4.69) is 58.7 Å². The molecule has 0 radical (unpaired) electrons. The Hall–Kier alpha value is -3.20. The summed E-state index contributed by atoms with van der Waals surface area (Å²) < 4.78 is 0. The van der Waals surface area contributed by atoms with Crippen molar-refractivity contribution in [2.24, 2.45) is 10.2 Å². The van der Waals surface area contributed by atoms with E-state index in [1.807, 2.05) is 36.4 Å². The van der Waals surface area contributed by atoms with Crippen LogP contribution in [0.5, 0.6) is 0 Å². The number of halogens is 2. The third-order valence-corrected chi connectivity index (χ3v) is 5.38. The average molecular weight is 429 g/mol. The quantitative estimate of drug-likeness (QED) is 0.228. The molecule has 0 unspecified atom stereocenters. The van der Waals surface area contributed by atoms with E-state index in [-0.39, 0.29) is 0 Å². The van der Waals surface area contributed by atoms with Gasteiger partial charge in [0, 0.05) is 10.1 Å². The zero-order chi connectivity index (χ0) is 20.8. The second-order valence-electron chi connectivity index (χ2n) is 6.68. The van der Waals surface area contributed by atoms with Gasteiger partial charge in [-0.15, -0.1) is 0 Å². The van der Waals surface area contributed by atoms with Gasteiger partial charge >= 0.3 is 0 Å². The summed E-state index contributed by atoms with van der Waals surface area (Å²) >= 11 is 12.8. The molecule has 0 amide bonds. The molecule has 0 atom stereocenters. The highest BCUT2D eigenvalue weighted by Gasteiger charge is 2.00. The summed E-state index contributed by atoms with van der Waals surface area (Å²) in [5, 5.41) is 13.8. The van der Waals surface area contributed by atoms with Gasteiger partial charge in [0.2, 0.25) is 0 Å². The Labute approximate surface area is 185 Å². The van der Waals surface area contributed by atoms with Gasteiger partial charge in [-0.25, -0.2) is 0 Å². The van der Waals surface area contributed by atoms with E-state index in [0.717, 1.165) is 21.9 Å². The monoisotopic (exact) mass is 428 g/mol. The lowest BCUT2D eigenvalue weighted by molar-refractivity contribution is 1.27. The first-order valence-corrected chi connectivity index (χ1v) is 10.2. The standard InChI is InChI=1S/C26H18Cl2N2/c27-25(23-11-9-19-5-1-3-7-21(19)17-23)13-15-29-30-16-14-26(28)24-12-10-20-6-2-4-8-22(20)18-24/h1-18H. The van der Waals surface area contributed by atoms with Gasteiger partial charge in [-0.2, -0.15) is 10.2 Å². The summed E-state index contributed by atoms with van der Waals surface area (Å²) in [7, 11) is 0. The zero-order valence-electron chi connectivity index (χ0n) is 16.0. The third-order valence-electron chi connectivity index (χ3n) is 4.69. The summed E-state index contributed by atoms with van der Waals surface area (Å²) in [6.07, 6.45) is 6.56. The molecule has 0 heterocycles. The summed E-state index contributed by atoms with van der Waals surface area (Å²) in [5.41, 5.74) is 1.87. The SMILES string of the molecule is ClC(=CC=NN=CC=C(Cl)c1ccc2ccccc2c1)c1ccc2ccccc2c1. The Balaban J connectivity index is 1.42. The Kier molecular flexibility index (Phi) is 6.38. The number of benzene rings is 4. The minimum atomic E-state index is 0.601. The van der Waals surface area contributed by atoms with Crippen LogP contribution in [0.25, 0.3) is 31.6 Å². The first-order chi connectivity index (χ1) is 14.7. The Morgan fingerprint density at radius 2 is 0.933 bits per heavy atom. The van der Waals surface area contributed by atoms with Crippen LogP contribution in [0.3, 0.4) is 0 Å². The van der Waals surface area contributed by atoms with Crippen molar-refractivity contribution in [2.45, 2.75) is 0 Å². The average Bonchev–Trinajstić information content (AvgIpc) is 2.80. The van der Waals surface area contributed by atoms with E-state index in [1.54, 1.807) is 24.6 Å². The lowest BCUT2D eigenvalue weighted by atomic mass is 10.1. The van der Waals surface area contributed by atoms with Gasteiger partial charge in [-0.1, -0.05) is 96.0 Å². The maximum Gasteiger partial charge on any atom is 0.0510 e. The molecule has 0 aliphatic carbocycles. The second kappa shape index (κ2) is 9.53. The molecule has 4 aromatic rings. The van der Waals surface area contributed by atoms with E-state index in [9.17, 15) is 0 Å². The van der Waals surface area contributed by atoms with Crippen LogP contribution >= 0.6 is 23.2 Å². The molecule has 0 bridgehead atoms. The molecule has 0 spiro atoms. The smallest absolute Gasteiger partial charge is 0.0510 e. The van der Waals surface area contributed by atoms with E-state index in [1.165, 1.54) is 10.8 Å². The van der Waals surface area contributed by atoms with Crippen molar-refractivity contribution in [2.75, 3.05) is 0 Å². The van der Waals surface area contributed by atoms with E-state index in [0.29, 0.717) is 10.1 Å². The molecule has 0 saturated heterocycles. The van der Waals surface area contributed by atoms with Crippen molar-refractivity contribution >= 4 is 67.2 Å². The van der Waals surface area contributed by atoms with E-state index in [4.69, 9.17) is 23.2 Å². The molecule has 4 aromatic carbocycles. The topological polar surface area (TPSA) is 24.7 Å². The number of nitrogens with zero attached hydrogens (tertiary/aromatic N) is 2. The predicted octanol–water partition coefficient (Wildman–Crippen LogP) is 7.91. The molecule has 4 rings (SSSR count). The van der Waals surface area contributed by atoms with Gasteiger partial charge < -0.3 is 0 Å². The fourth-order valence-corrected chi connectivity index (χ4v) is 3.49. The fourth-order valence-electron chi connectivity index (χ4n) is 3.14. The van der Waals surface area contributed by atoms with Crippen molar-refractivity contribution in [3.8, 4) is 0 Å². The number of hydrogen-bond acceptors (Lipinski definition) is 2. The molecule has 30 heavy (non-hydrogen) atoms. The number of rotatable bonds is 5. The molecule has 146 valence electrons. The van der Waals surface area contributed by atoms with Gasteiger partial charge in [0.15, 0.2) is 0 Å². The molecule has 0 aromatic heterocycles. The predicted molar refractivity (Wildman–Crippen MR) is 133 cm³/mol. The number of fused-ring (bicyclic) bond motifs is 2. The first-order valence-electron chi connectivity index (χ1n) is 9.47. The molecule has 2 nitrogen and oxygen atoms in total. The van der Waals surface area contributed by atoms with Crippen LogP contribution in [-0.2, 0) is 0 Å². The van der Waals surface area contributed by atoms with Gasteiger partial charge in [-0.05, 0) is 57.0 Å².